The Balaban J connectivity index is 2.02. The van der Waals surface area contributed by atoms with Crippen molar-refractivity contribution in [2.24, 2.45) is 0 Å². The number of rotatable bonds is 5. The second kappa shape index (κ2) is 5.22. The number of sulfonamides is 1. The van der Waals surface area contributed by atoms with Gasteiger partial charge in [0.25, 0.3) is 0 Å². The molecule has 1 N–H and O–H groups in total. The molecule has 0 saturated carbocycles. The number of ether oxygens (including phenoxy) is 1. The largest absolute Gasteiger partial charge is 0.393 e. The van der Waals surface area contributed by atoms with Crippen LogP contribution in [0.2, 0.25) is 0 Å². The van der Waals surface area contributed by atoms with Crippen LogP contribution in [0.1, 0.15) is 32.1 Å². The predicted molar refractivity (Wildman–Crippen MR) is 64.2 cm³/mol. The Morgan fingerprint density at radius 1 is 1.29 bits per heavy atom. The minimum absolute atomic E-state index is 0.0243. The number of aliphatic hydroxyl groups is 1. The number of hydrogen-bond donors (Lipinski definition) is 1. The summed E-state index contributed by atoms with van der Waals surface area (Å²) in [5.41, 5.74) is 0. The van der Waals surface area contributed by atoms with E-state index in [1.165, 1.54) is 0 Å². The summed E-state index contributed by atoms with van der Waals surface area (Å²) in [5, 5.41) is 9.65. The Hall–Kier alpha value is -0.170. The third kappa shape index (κ3) is 2.81. The van der Waals surface area contributed by atoms with E-state index in [-0.39, 0.29) is 23.9 Å². The average Bonchev–Trinajstić information content (AvgIpc) is 2.53. The summed E-state index contributed by atoms with van der Waals surface area (Å²) in [7, 11) is -1.60. The first-order valence-electron chi connectivity index (χ1n) is 6.23. The van der Waals surface area contributed by atoms with Gasteiger partial charge in [-0.1, -0.05) is 0 Å². The Labute approximate surface area is 103 Å². The van der Waals surface area contributed by atoms with Crippen LogP contribution >= 0.6 is 0 Å². The van der Waals surface area contributed by atoms with Gasteiger partial charge in [-0.2, -0.15) is 4.31 Å². The molecule has 6 heteroatoms. The molecule has 2 atom stereocenters. The summed E-state index contributed by atoms with van der Waals surface area (Å²) in [4.78, 5) is 0. The van der Waals surface area contributed by atoms with E-state index in [1.54, 1.807) is 11.4 Å². The molecule has 5 nitrogen and oxygen atoms in total. The Morgan fingerprint density at radius 2 is 1.88 bits per heavy atom. The van der Waals surface area contributed by atoms with E-state index >= 15 is 0 Å². The number of hydrogen-bond acceptors (Lipinski definition) is 4. The first-order valence-corrected chi connectivity index (χ1v) is 7.83. The maximum Gasteiger partial charge on any atom is 0.214 e. The van der Waals surface area contributed by atoms with Crippen molar-refractivity contribution in [3.8, 4) is 0 Å². The maximum absolute atomic E-state index is 12.2. The van der Waals surface area contributed by atoms with E-state index < -0.39 is 10.0 Å². The second-order valence-corrected chi connectivity index (χ2v) is 7.00. The Kier molecular flexibility index (Phi) is 4.07. The molecule has 0 spiro atoms. The highest BCUT2D eigenvalue weighted by molar-refractivity contribution is 7.89. The third-order valence-corrected chi connectivity index (χ3v) is 5.76. The maximum atomic E-state index is 12.2. The number of aliphatic hydroxyl groups excluding tert-OH is 1. The van der Waals surface area contributed by atoms with Gasteiger partial charge >= 0.3 is 0 Å². The molecule has 0 amide bonds. The molecule has 2 bridgehead atoms. The summed E-state index contributed by atoms with van der Waals surface area (Å²) < 4.78 is 31.0. The first-order chi connectivity index (χ1) is 8.04. The fraction of sp³-hybridized carbons (Fsp3) is 1.00. The smallest absolute Gasteiger partial charge is 0.214 e. The molecule has 100 valence electrons. The van der Waals surface area contributed by atoms with Crippen molar-refractivity contribution in [2.45, 2.75) is 50.3 Å². The Bertz CT molecular complexity index is 342. The molecule has 2 saturated heterocycles. The highest BCUT2D eigenvalue weighted by Gasteiger charge is 2.45. The van der Waals surface area contributed by atoms with Gasteiger partial charge in [0, 0.05) is 25.8 Å². The zero-order valence-corrected chi connectivity index (χ0v) is 11.0. The fourth-order valence-electron chi connectivity index (χ4n) is 3.05. The van der Waals surface area contributed by atoms with Crippen molar-refractivity contribution in [3.63, 3.8) is 0 Å². The van der Waals surface area contributed by atoms with Gasteiger partial charge in [-0.15, -0.1) is 0 Å². The van der Waals surface area contributed by atoms with E-state index in [1.807, 2.05) is 0 Å². The van der Waals surface area contributed by atoms with Crippen LogP contribution in [-0.2, 0) is 14.8 Å². The molecule has 2 heterocycles. The molecule has 0 aromatic rings. The van der Waals surface area contributed by atoms with Crippen molar-refractivity contribution in [2.75, 3.05) is 19.5 Å². The molecular weight excluding hydrogens is 242 g/mol. The zero-order chi connectivity index (χ0) is 12.5. The Morgan fingerprint density at radius 3 is 2.41 bits per heavy atom. The summed E-state index contributed by atoms with van der Waals surface area (Å²) in [6, 6.07) is 0.0487. The van der Waals surface area contributed by atoms with E-state index in [0.29, 0.717) is 25.9 Å². The van der Waals surface area contributed by atoms with Crippen LogP contribution < -0.4 is 0 Å². The topological polar surface area (TPSA) is 66.8 Å². The van der Waals surface area contributed by atoms with Crippen LogP contribution in [0.25, 0.3) is 0 Å². The summed E-state index contributed by atoms with van der Waals surface area (Å²) >= 11 is 0. The second-order valence-electron chi connectivity index (χ2n) is 5.00. The number of methoxy groups -OCH3 is 1. The van der Waals surface area contributed by atoms with Gasteiger partial charge in [0.1, 0.15) is 0 Å². The van der Waals surface area contributed by atoms with E-state index in [2.05, 4.69) is 0 Å². The van der Waals surface area contributed by atoms with Crippen molar-refractivity contribution in [1.82, 2.24) is 4.31 Å². The molecule has 0 radical (unpaired) electrons. The van der Waals surface area contributed by atoms with Gasteiger partial charge in [0.2, 0.25) is 10.0 Å². The highest BCUT2D eigenvalue weighted by atomic mass is 32.2. The predicted octanol–water partition coefficient (Wildman–Crippen LogP) is 0.340. The molecule has 0 aliphatic carbocycles. The lowest BCUT2D eigenvalue weighted by Gasteiger charge is -2.36. The lowest BCUT2D eigenvalue weighted by atomic mass is 10.0. The van der Waals surface area contributed by atoms with E-state index in [9.17, 15) is 13.5 Å². The molecular formula is C11H21NO4S. The highest BCUT2D eigenvalue weighted by Crippen LogP contribution is 2.37. The van der Waals surface area contributed by atoms with Crippen LogP contribution in [0.15, 0.2) is 0 Å². The summed E-state index contributed by atoms with van der Waals surface area (Å²) in [6.45, 7) is 0.477. The van der Waals surface area contributed by atoms with Crippen LogP contribution in [0.3, 0.4) is 0 Å². The lowest BCUT2D eigenvalue weighted by Crippen LogP contribution is -2.48. The zero-order valence-electron chi connectivity index (χ0n) is 10.2. The monoisotopic (exact) mass is 263 g/mol. The molecule has 2 aliphatic heterocycles. The van der Waals surface area contributed by atoms with Gasteiger partial charge in [0.15, 0.2) is 0 Å². The van der Waals surface area contributed by atoms with Crippen molar-refractivity contribution in [1.29, 1.82) is 0 Å². The van der Waals surface area contributed by atoms with Crippen molar-refractivity contribution < 1.29 is 18.3 Å². The molecule has 2 rings (SSSR count). The molecule has 17 heavy (non-hydrogen) atoms. The van der Waals surface area contributed by atoms with Crippen LogP contribution in [0.5, 0.6) is 0 Å². The van der Waals surface area contributed by atoms with Crippen LogP contribution in [-0.4, -0.2) is 55.5 Å². The van der Waals surface area contributed by atoms with E-state index in [0.717, 1.165) is 12.8 Å². The molecule has 2 fully saturated rings. The van der Waals surface area contributed by atoms with Crippen LogP contribution in [0, 0.1) is 0 Å². The van der Waals surface area contributed by atoms with Gasteiger partial charge < -0.3 is 9.84 Å². The molecule has 0 aromatic carbocycles. The average molecular weight is 263 g/mol. The number of nitrogens with zero attached hydrogens (tertiary/aromatic N) is 1. The van der Waals surface area contributed by atoms with Gasteiger partial charge in [0.05, 0.1) is 11.9 Å². The SMILES string of the molecule is COCCCS(=O)(=O)N1C2CCC1CC(O)C2. The number of piperidine rings is 1. The van der Waals surface area contributed by atoms with Crippen LogP contribution in [0.4, 0.5) is 0 Å². The van der Waals surface area contributed by atoms with Gasteiger partial charge in [-0.25, -0.2) is 8.42 Å². The first kappa shape index (κ1) is 13.3. The minimum Gasteiger partial charge on any atom is -0.393 e. The summed E-state index contributed by atoms with van der Waals surface area (Å²) in [6.07, 6.45) is 3.20. The van der Waals surface area contributed by atoms with E-state index in [4.69, 9.17) is 4.74 Å². The van der Waals surface area contributed by atoms with Gasteiger partial charge in [-0.3, -0.25) is 0 Å². The van der Waals surface area contributed by atoms with Crippen molar-refractivity contribution >= 4 is 10.0 Å². The number of fused-ring (bicyclic) bond motifs is 2. The quantitative estimate of drug-likeness (QED) is 0.726. The normalized spacial score (nSPS) is 34.1. The standard InChI is InChI=1S/C11H21NO4S/c1-16-5-2-6-17(14,15)12-9-3-4-10(12)8-11(13)7-9/h9-11,13H,2-8H2,1H3. The third-order valence-electron chi connectivity index (χ3n) is 3.71. The molecule has 2 aliphatic rings. The lowest BCUT2D eigenvalue weighted by molar-refractivity contribution is 0.0767. The van der Waals surface area contributed by atoms with Gasteiger partial charge in [-0.05, 0) is 32.1 Å². The molecule has 0 aromatic heterocycles. The molecule has 2 unspecified atom stereocenters. The minimum atomic E-state index is -3.17. The fourth-order valence-corrected chi connectivity index (χ4v) is 5.04. The van der Waals surface area contributed by atoms with Crippen molar-refractivity contribution in [3.05, 3.63) is 0 Å². The summed E-state index contributed by atoms with van der Waals surface area (Å²) in [5.74, 6) is 0.157.